The summed E-state index contributed by atoms with van der Waals surface area (Å²) in [5.41, 5.74) is 3.77. The van der Waals surface area contributed by atoms with Gasteiger partial charge in [-0.25, -0.2) is 22.8 Å². The number of aliphatic carboxylic acids is 1. The summed E-state index contributed by atoms with van der Waals surface area (Å²) in [6.07, 6.45) is -1.00. The number of anilines is 2. The predicted octanol–water partition coefficient (Wildman–Crippen LogP) is 5.33. The van der Waals surface area contributed by atoms with Gasteiger partial charge in [0.25, 0.3) is 5.91 Å². The molecule has 0 saturated carbocycles. The molecule has 5 rings (SSSR count). The van der Waals surface area contributed by atoms with Crippen molar-refractivity contribution < 1.29 is 32.6 Å². The minimum atomic E-state index is -4.15. The van der Waals surface area contributed by atoms with Gasteiger partial charge in [0.15, 0.2) is 0 Å². The van der Waals surface area contributed by atoms with Gasteiger partial charge in [-0.05, 0) is 102 Å². The highest BCUT2D eigenvalue weighted by atomic mass is 32.2. The number of carboxylic acid groups (broad SMARTS) is 1. The van der Waals surface area contributed by atoms with Gasteiger partial charge in [0.1, 0.15) is 11.8 Å². The van der Waals surface area contributed by atoms with Gasteiger partial charge in [0, 0.05) is 30.4 Å². The Morgan fingerprint density at radius 1 is 0.980 bits per heavy atom. The van der Waals surface area contributed by atoms with Crippen LogP contribution >= 0.6 is 0 Å². The average molecular weight is 705 g/mol. The maximum absolute atomic E-state index is 13.3. The number of fused-ring (bicyclic) bond motifs is 1. The zero-order chi connectivity index (χ0) is 36.4. The Labute approximate surface area is 292 Å². The van der Waals surface area contributed by atoms with Gasteiger partial charge in [-0.15, -0.1) is 0 Å². The maximum atomic E-state index is 13.3. The largest absolute Gasteiger partial charge is 0.481 e. The third kappa shape index (κ3) is 8.61. The molecule has 1 unspecified atom stereocenters. The van der Waals surface area contributed by atoms with Gasteiger partial charge in [-0.2, -0.15) is 4.72 Å². The van der Waals surface area contributed by atoms with Crippen LogP contribution in [-0.2, 0) is 19.6 Å². The van der Waals surface area contributed by atoms with E-state index < -0.39 is 46.2 Å². The molecule has 3 aromatic carbocycles. The number of aromatic nitrogens is 2. The second-order valence-corrected chi connectivity index (χ2v) is 15.3. The summed E-state index contributed by atoms with van der Waals surface area (Å²) in [6.45, 7) is 12.1. The first-order valence-electron chi connectivity index (χ1n) is 16.5. The first-order valence-corrected chi connectivity index (χ1v) is 17.9. The van der Waals surface area contributed by atoms with Crippen molar-refractivity contribution in [1.29, 1.82) is 0 Å². The van der Waals surface area contributed by atoms with Crippen molar-refractivity contribution in [2.75, 3.05) is 23.3 Å². The number of hydrogen-bond acceptors (Lipinski definition) is 9. The van der Waals surface area contributed by atoms with Crippen LogP contribution in [0, 0.1) is 20.8 Å². The Morgan fingerprint density at radius 3 is 2.20 bits per heavy atom. The second-order valence-electron chi connectivity index (χ2n) is 13.7. The van der Waals surface area contributed by atoms with E-state index in [0.717, 1.165) is 24.1 Å². The average Bonchev–Trinajstić information content (AvgIpc) is 3.37. The van der Waals surface area contributed by atoms with Crippen molar-refractivity contribution in [2.45, 2.75) is 83.5 Å². The molecule has 1 fully saturated rings. The number of hydrogen-bond donors (Lipinski definition) is 4. The minimum absolute atomic E-state index is 0.0525. The van der Waals surface area contributed by atoms with E-state index in [4.69, 9.17) is 4.74 Å². The van der Waals surface area contributed by atoms with Crippen LogP contribution in [0.25, 0.3) is 11.0 Å². The lowest BCUT2D eigenvalue weighted by Gasteiger charge is -2.34. The van der Waals surface area contributed by atoms with Crippen molar-refractivity contribution in [2.24, 2.45) is 0 Å². The molecule has 4 aromatic rings. The van der Waals surface area contributed by atoms with E-state index in [2.05, 4.69) is 25.2 Å². The number of piperidine rings is 1. The van der Waals surface area contributed by atoms with E-state index in [0.29, 0.717) is 41.2 Å². The minimum Gasteiger partial charge on any atom is -0.481 e. The Bertz CT molecular complexity index is 1990. The molecule has 1 aliphatic rings. The van der Waals surface area contributed by atoms with E-state index in [1.807, 2.05) is 52.0 Å². The first-order chi connectivity index (χ1) is 23.5. The molecule has 0 spiro atoms. The second kappa shape index (κ2) is 14.5. The number of benzene rings is 3. The van der Waals surface area contributed by atoms with Crippen molar-refractivity contribution >= 4 is 50.7 Å². The Balaban J connectivity index is 1.22. The molecule has 2 heterocycles. The fourth-order valence-electron chi connectivity index (χ4n) is 6.28. The molecule has 14 heteroatoms. The summed E-state index contributed by atoms with van der Waals surface area (Å²) in [5.74, 6) is -1.45. The van der Waals surface area contributed by atoms with E-state index >= 15 is 0 Å². The van der Waals surface area contributed by atoms with Crippen LogP contribution in [0.3, 0.4) is 0 Å². The number of amides is 1. The van der Waals surface area contributed by atoms with E-state index in [1.165, 1.54) is 4.57 Å². The number of nitrogens with one attached hydrogen (secondary N) is 3. The molecule has 1 saturated heterocycles. The van der Waals surface area contributed by atoms with E-state index in [1.54, 1.807) is 50.2 Å². The van der Waals surface area contributed by atoms with Crippen LogP contribution in [0.4, 0.5) is 16.4 Å². The topological polar surface area (TPSA) is 172 Å². The Morgan fingerprint density at radius 2 is 1.60 bits per heavy atom. The smallest absolute Gasteiger partial charge is 0.421 e. The van der Waals surface area contributed by atoms with Gasteiger partial charge in [-0.1, -0.05) is 29.8 Å². The number of carboxylic acids is 1. The first kappa shape index (κ1) is 36.3. The molecule has 1 aliphatic heterocycles. The molecule has 266 valence electrons. The molecule has 1 aromatic heterocycles. The molecule has 4 N–H and O–H groups in total. The fourth-order valence-corrected chi connectivity index (χ4v) is 7.88. The molecule has 0 aliphatic carbocycles. The third-order valence-corrected chi connectivity index (χ3v) is 10.1. The van der Waals surface area contributed by atoms with Crippen molar-refractivity contribution in [3.05, 3.63) is 82.9 Å². The standard InChI is InChI=1S/C36H44N6O7S/c1-22-19-23(2)32(24(3)20-22)50(47,48)40-30(21-31(43)44)39-33(45)25-11-13-27(14-12-25)41-17-15-26(16-18-41)37-34-38-28-9-7-8-10-29(28)42(34)35(46)49-36(4,5)6/h7-14,19-20,26,30,40H,15-18,21H2,1-6H3,(H,37,38)(H,39,45)(H,43,44). The number of aryl methyl sites for hydroxylation is 3. The number of ether oxygens (including phenoxy) is 1. The molecule has 0 bridgehead atoms. The number of carbonyl (C=O) groups is 3. The molecule has 1 atom stereocenters. The number of carbonyl (C=O) groups excluding carboxylic acids is 2. The highest BCUT2D eigenvalue weighted by Crippen LogP contribution is 2.27. The van der Waals surface area contributed by atoms with Crippen molar-refractivity contribution in [3.8, 4) is 0 Å². The highest BCUT2D eigenvalue weighted by Gasteiger charge is 2.28. The van der Waals surface area contributed by atoms with Gasteiger partial charge in [-0.3, -0.25) is 9.59 Å². The van der Waals surface area contributed by atoms with Gasteiger partial charge < -0.3 is 25.4 Å². The lowest BCUT2D eigenvalue weighted by atomic mass is 10.0. The van der Waals surface area contributed by atoms with Crippen molar-refractivity contribution in [1.82, 2.24) is 19.6 Å². The highest BCUT2D eigenvalue weighted by molar-refractivity contribution is 7.89. The van der Waals surface area contributed by atoms with E-state index in [9.17, 15) is 27.9 Å². The summed E-state index contributed by atoms with van der Waals surface area (Å²) < 4.78 is 36.1. The quantitative estimate of drug-likeness (QED) is 0.158. The van der Waals surface area contributed by atoms with Crippen LogP contribution in [0.15, 0.2) is 65.6 Å². The lowest BCUT2D eigenvalue weighted by molar-refractivity contribution is -0.137. The molecule has 13 nitrogen and oxygen atoms in total. The molecular weight excluding hydrogens is 660 g/mol. The normalized spacial score (nSPS) is 14.7. The predicted molar refractivity (Wildman–Crippen MR) is 191 cm³/mol. The Hall–Kier alpha value is -4.95. The van der Waals surface area contributed by atoms with E-state index in [-0.39, 0.29) is 16.5 Å². The van der Waals surface area contributed by atoms with Gasteiger partial charge in [0.2, 0.25) is 16.0 Å². The lowest BCUT2D eigenvalue weighted by Crippen LogP contribution is -2.49. The summed E-state index contributed by atoms with van der Waals surface area (Å²) in [4.78, 5) is 44.8. The maximum Gasteiger partial charge on any atom is 0.421 e. The van der Waals surface area contributed by atoms with Gasteiger partial charge >= 0.3 is 12.1 Å². The van der Waals surface area contributed by atoms with Crippen LogP contribution in [-0.4, -0.2) is 71.9 Å². The third-order valence-electron chi connectivity index (χ3n) is 8.31. The number of sulfonamides is 1. The number of imidazole rings is 1. The summed E-state index contributed by atoms with van der Waals surface area (Å²) >= 11 is 0. The monoisotopic (exact) mass is 704 g/mol. The Kier molecular flexibility index (Phi) is 10.5. The van der Waals surface area contributed by atoms with Crippen molar-refractivity contribution in [3.63, 3.8) is 0 Å². The molecule has 1 amide bonds. The number of rotatable bonds is 10. The molecule has 0 radical (unpaired) electrons. The van der Waals surface area contributed by atoms with Crippen LogP contribution < -0.4 is 20.3 Å². The summed E-state index contributed by atoms with van der Waals surface area (Å²) in [6, 6.07) is 17.8. The van der Waals surface area contributed by atoms with Crippen LogP contribution in [0.2, 0.25) is 0 Å². The number of para-hydroxylation sites is 2. The zero-order valence-corrected chi connectivity index (χ0v) is 29.9. The van der Waals surface area contributed by atoms with Gasteiger partial charge in [0.05, 0.1) is 22.3 Å². The zero-order valence-electron chi connectivity index (χ0n) is 29.1. The molecular formula is C36H44N6O7S. The van der Waals surface area contributed by atoms with Crippen LogP contribution in [0.5, 0.6) is 0 Å². The SMILES string of the molecule is Cc1cc(C)c(S(=O)(=O)NC(CC(=O)O)NC(=O)c2ccc(N3CCC(Nc4nc5ccccc5n4C(=O)OC(C)(C)C)CC3)cc2)c(C)c1. The fraction of sp³-hybridized carbons (Fsp3) is 0.389. The number of nitrogens with zero attached hydrogens (tertiary/aromatic N) is 3. The molecule has 50 heavy (non-hydrogen) atoms. The summed E-state index contributed by atoms with van der Waals surface area (Å²) in [7, 11) is -4.15. The van der Waals surface area contributed by atoms with Crippen LogP contribution in [0.1, 0.15) is 67.1 Å². The summed E-state index contributed by atoms with van der Waals surface area (Å²) in [5, 5.41) is 15.4.